The molecule has 0 N–H and O–H groups in total. The Bertz CT molecular complexity index is 1250. The molecule has 3 heterocycles. The summed E-state index contributed by atoms with van der Waals surface area (Å²) in [4.78, 5) is 6.70. The molecule has 2 aromatic carbocycles. The van der Waals surface area contributed by atoms with E-state index in [9.17, 15) is 0 Å². The summed E-state index contributed by atoms with van der Waals surface area (Å²) in [6.07, 6.45) is 6.19. The third-order valence-electron chi connectivity index (χ3n) is 6.82. The van der Waals surface area contributed by atoms with Crippen molar-refractivity contribution in [2.45, 2.75) is 58.3 Å². The van der Waals surface area contributed by atoms with Crippen molar-refractivity contribution in [2.75, 3.05) is 13.1 Å². The predicted molar refractivity (Wildman–Crippen MR) is 141 cm³/mol. The van der Waals surface area contributed by atoms with Crippen molar-refractivity contribution >= 4 is 11.6 Å². The first-order valence-electron chi connectivity index (χ1n) is 12.7. The summed E-state index contributed by atoms with van der Waals surface area (Å²) in [5.74, 6) is 1.46. The summed E-state index contributed by atoms with van der Waals surface area (Å²) < 4.78 is 10.3. The van der Waals surface area contributed by atoms with E-state index >= 15 is 0 Å². The quantitative estimate of drug-likeness (QED) is 0.309. The molecule has 2 aromatic heterocycles. The van der Waals surface area contributed by atoms with Crippen LogP contribution in [0, 0.1) is 5.41 Å². The van der Waals surface area contributed by atoms with Crippen LogP contribution in [0.3, 0.4) is 0 Å². The van der Waals surface area contributed by atoms with Gasteiger partial charge in [0, 0.05) is 5.02 Å². The first-order chi connectivity index (χ1) is 17.9. The molecule has 3 unspecified atom stereocenters. The van der Waals surface area contributed by atoms with Crippen LogP contribution in [0.2, 0.25) is 5.02 Å². The van der Waals surface area contributed by atoms with Gasteiger partial charge in [0.25, 0.3) is 0 Å². The van der Waals surface area contributed by atoms with Crippen LogP contribution in [-0.2, 0) is 0 Å². The van der Waals surface area contributed by atoms with Gasteiger partial charge in [0.15, 0.2) is 5.82 Å². The summed E-state index contributed by atoms with van der Waals surface area (Å²) in [7, 11) is 0. The van der Waals surface area contributed by atoms with E-state index in [0.717, 1.165) is 31.8 Å². The Kier molecular flexibility index (Phi) is 7.53. The maximum Gasteiger partial charge on any atom is 0.215 e. The number of ether oxygens (including phenoxy) is 1. The van der Waals surface area contributed by atoms with E-state index < -0.39 is 6.23 Å². The maximum absolute atomic E-state index is 6.58. The predicted octanol–water partition coefficient (Wildman–Crippen LogP) is 5.36. The molecule has 1 fully saturated rings. The van der Waals surface area contributed by atoms with Crippen LogP contribution in [0.15, 0.2) is 67.3 Å². The normalized spacial score (nSPS) is 17.3. The van der Waals surface area contributed by atoms with Crippen molar-refractivity contribution in [1.82, 2.24) is 39.9 Å². The molecule has 0 amide bonds. The number of aromatic nitrogens is 7. The van der Waals surface area contributed by atoms with E-state index in [1.807, 2.05) is 35.0 Å². The minimum atomic E-state index is -0.566. The summed E-state index contributed by atoms with van der Waals surface area (Å²) in [6, 6.07) is 17.4. The van der Waals surface area contributed by atoms with Gasteiger partial charge in [-0.15, -0.1) is 5.10 Å². The molecule has 0 spiro atoms. The average molecular weight is 521 g/mol. The molecule has 1 saturated heterocycles. The van der Waals surface area contributed by atoms with Crippen LogP contribution in [0.4, 0.5) is 0 Å². The monoisotopic (exact) mass is 520 g/mol. The molecule has 5 rings (SSSR count). The van der Waals surface area contributed by atoms with E-state index in [1.54, 1.807) is 11.0 Å². The van der Waals surface area contributed by atoms with Crippen LogP contribution in [0.25, 0.3) is 0 Å². The topological polar surface area (TPSA) is 86.8 Å². The molecule has 37 heavy (non-hydrogen) atoms. The van der Waals surface area contributed by atoms with E-state index in [2.05, 4.69) is 75.5 Å². The molecule has 1 aliphatic rings. The van der Waals surface area contributed by atoms with Gasteiger partial charge in [0.05, 0.1) is 6.04 Å². The molecule has 0 radical (unpaired) electrons. The van der Waals surface area contributed by atoms with Gasteiger partial charge >= 0.3 is 0 Å². The number of hydrogen-bond donors (Lipinski definition) is 0. The van der Waals surface area contributed by atoms with Crippen molar-refractivity contribution in [3.05, 3.63) is 83.7 Å². The van der Waals surface area contributed by atoms with Gasteiger partial charge in [0.2, 0.25) is 6.23 Å². The van der Waals surface area contributed by atoms with Crippen LogP contribution in [0.1, 0.15) is 69.7 Å². The summed E-state index contributed by atoms with van der Waals surface area (Å²) in [5.41, 5.74) is 0.861. The molecular formula is C27H33ClN8O. The van der Waals surface area contributed by atoms with Crippen LogP contribution in [0.5, 0.6) is 5.75 Å². The minimum absolute atomic E-state index is 0.0757. The lowest BCUT2D eigenvalue weighted by Crippen LogP contribution is -2.41. The lowest BCUT2D eigenvalue weighted by Gasteiger charge is -2.39. The second kappa shape index (κ2) is 11.0. The molecule has 0 saturated carbocycles. The molecule has 0 bridgehead atoms. The molecule has 0 aliphatic carbocycles. The van der Waals surface area contributed by atoms with E-state index in [0.29, 0.717) is 10.8 Å². The Morgan fingerprint density at radius 3 is 2.32 bits per heavy atom. The van der Waals surface area contributed by atoms with Crippen molar-refractivity contribution in [2.24, 2.45) is 5.41 Å². The second-order valence-corrected chi connectivity index (χ2v) is 11.0. The van der Waals surface area contributed by atoms with Gasteiger partial charge in [-0.1, -0.05) is 69.1 Å². The zero-order chi connectivity index (χ0) is 25.8. The number of nitrogens with zero attached hydrogens (tertiary/aromatic N) is 8. The largest absolute Gasteiger partial charge is 0.466 e. The summed E-state index contributed by atoms with van der Waals surface area (Å²) in [6.45, 7) is 8.49. The molecular weight excluding hydrogens is 488 g/mol. The second-order valence-electron chi connectivity index (χ2n) is 10.5. The highest BCUT2D eigenvalue weighted by Crippen LogP contribution is 2.42. The van der Waals surface area contributed by atoms with Gasteiger partial charge in [0.1, 0.15) is 24.4 Å². The lowest BCUT2D eigenvalue weighted by atomic mass is 9.85. The van der Waals surface area contributed by atoms with Gasteiger partial charge in [-0.25, -0.2) is 14.3 Å². The van der Waals surface area contributed by atoms with Gasteiger partial charge < -0.3 is 4.74 Å². The van der Waals surface area contributed by atoms with E-state index in [-0.39, 0.29) is 17.5 Å². The Morgan fingerprint density at radius 1 is 0.946 bits per heavy atom. The van der Waals surface area contributed by atoms with Crippen LogP contribution >= 0.6 is 11.6 Å². The first-order valence-corrected chi connectivity index (χ1v) is 13.1. The Hall–Kier alpha value is -3.30. The van der Waals surface area contributed by atoms with Crippen LogP contribution in [-0.4, -0.2) is 53.0 Å². The molecule has 194 valence electrons. The molecule has 10 heteroatoms. The molecule has 1 aliphatic heterocycles. The lowest BCUT2D eigenvalue weighted by molar-refractivity contribution is -0.00233. The number of piperidine rings is 1. The van der Waals surface area contributed by atoms with Crippen molar-refractivity contribution in [3.8, 4) is 5.75 Å². The number of benzene rings is 2. The maximum atomic E-state index is 6.58. The van der Waals surface area contributed by atoms with E-state index in [4.69, 9.17) is 16.3 Å². The third-order valence-corrected chi connectivity index (χ3v) is 7.07. The zero-order valence-corrected chi connectivity index (χ0v) is 22.2. The number of hydrogen-bond acceptors (Lipinski definition) is 7. The number of rotatable bonds is 8. The Labute approximate surface area is 222 Å². The number of likely N-dealkylation sites (tertiary alicyclic amines) is 1. The zero-order valence-electron chi connectivity index (χ0n) is 21.5. The Balaban J connectivity index is 1.61. The van der Waals surface area contributed by atoms with Gasteiger partial charge in [-0.2, -0.15) is 5.10 Å². The number of halogens is 1. The molecule has 3 atom stereocenters. The highest BCUT2D eigenvalue weighted by molar-refractivity contribution is 6.30. The highest BCUT2D eigenvalue weighted by Gasteiger charge is 2.42. The van der Waals surface area contributed by atoms with Crippen molar-refractivity contribution in [1.29, 1.82) is 0 Å². The first kappa shape index (κ1) is 25.4. The molecule has 9 nitrogen and oxygen atoms in total. The van der Waals surface area contributed by atoms with Crippen molar-refractivity contribution < 1.29 is 4.74 Å². The SMILES string of the molecule is CC(C)(C)C(C(Oc1ccc(Cl)cc1)n1cncn1)n1nnnc1C(c1ccccc1)N1CCCCC1. The fraction of sp³-hybridized carbons (Fsp3) is 0.444. The molecule has 4 aromatic rings. The fourth-order valence-electron chi connectivity index (χ4n) is 5.09. The number of tetrazole rings is 1. The Morgan fingerprint density at radius 2 is 1.68 bits per heavy atom. The van der Waals surface area contributed by atoms with Crippen molar-refractivity contribution in [3.63, 3.8) is 0 Å². The average Bonchev–Trinajstić information content (AvgIpc) is 3.59. The summed E-state index contributed by atoms with van der Waals surface area (Å²) in [5, 5.41) is 18.5. The minimum Gasteiger partial charge on any atom is -0.466 e. The standard InChI is InChI=1S/C27H33ClN8O/c1-27(2,3)24(26(35-19-29-18-30-35)37-22-14-12-21(28)13-15-22)36-25(31-32-33-36)23(20-10-6-4-7-11-20)34-16-8-5-9-17-34/h4,6-7,10-15,18-19,23-24,26H,5,8-9,16-17H2,1-3H3. The van der Waals surface area contributed by atoms with Crippen LogP contribution < -0.4 is 4.74 Å². The smallest absolute Gasteiger partial charge is 0.215 e. The third kappa shape index (κ3) is 5.67. The van der Waals surface area contributed by atoms with Gasteiger partial charge in [-0.05, 0) is 71.6 Å². The van der Waals surface area contributed by atoms with E-state index in [1.165, 1.54) is 18.3 Å². The highest BCUT2D eigenvalue weighted by atomic mass is 35.5. The fourth-order valence-corrected chi connectivity index (χ4v) is 5.22. The summed E-state index contributed by atoms with van der Waals surface area (Å²) >= 11 is 6.13. The van der Waals surface area contributed by atoms with Gasteiger partial charge in [-0.3, -0.25) is 4.90 Å².